The standard InChI is InChI=1S/C13H24N2O2/c1-10-5-7-14-12(10)13(17)15-8-3-2-4-11(15)6-9-16/h10-12,14,16H,2-9H2,1H3. The number of hydrogen-bond acceptors (Lipinski definition) is 3. The Labute approximate surface area is 103 Å². The third kappa shape index (κ3) is 2.80. The molecule has 0 spiro atoms. The summed E-state index contributed by atoms with van der Waals surface area (Å²) in [7, 11) is 0. The largest absolute Gasteiger partial charge is 0.396 e. The Morgan fingerprint density at radius 2 is 2.24 bits per heavy atom. The van der Waals surface area contributed by atoms with Gasteiger partial charge in [0.1, 0.15) is 0 Å². The van der Waals surface area contributed by atoms with Gasteiger partial charge in [-0.2, -0.15) is 0 Å². The van der Waals surface area contributed by atoms with Crippen LogP contribution >= 0.6 is 0 Å². The Bertz CT molecular complexity index is 268. The molecule has 17 heavy (non-hydrogen) atoms. The lowest BCUT2D eigenvalue weighted by atomic mass is 9.96. The number of carbonyl (C=O) groups excluding carboxylic acids is 1. The minimum Gasteiger partial charge on any atom is -0.396 e. The van der Waals surface area contributed by atoms with Crippen LogP contribution in [0, 0.1) is 5.92 Å². The highest BCUT2D eigenvalue weighted by Gasteiger charge is 2.35. The van der Waals surface area contributed by atoms with Gasteiger partial charge in [0.2, 0.25) is 5.91 Å². The normalized spacial score (nSPS) is 34.0. The SMILES string of the molecule is CC1CCNC1C(=O)N1CCCCC1CCO. The molecule has 4 heteroatoms. The van der Waals surface area contributed by atoms with Gasteiger partial charge in [0.25, 0.3) is 0 Å². The van der Waals surface area contributed by atoms with Crippen LogP contribution in [0.1, 0.15) is 39.0 Å². The summed E-state index contributed by atoms with van der Waals surface area (Å²) in [6.07, 6.45) is 5.16. The number of carbonyl (C=O) groups is 1. The van der Waals surface area contributed by atoms with Crippen molar-refractivity contribution in [1.29, 1.82) is 0 Å². The lowest BCUT2D eigenvalue weighted by Gasteiger charge is -2.37. The molecule has 2 aliphatic rings. The Balaban J connectivity index is 2.00. The van der Waals surface area contributed by atoms with Gasteiger partial charge in [0, 0.05) is 19.2 Å². The molecule has 2 heterocycles. The number of piperidine rings is 1. The van der Waals surface area contributed by atoms with Crippen LogP contribution in [0.5, 0.6) is 0 Å². The molecule has 0 bridgehead atoms. The maximum atomic E-state index is 12.5. The summed E-state index contributed by atoms with van der Waals surface area (Å²) in [6, 6.07) is 0.269. The van der Waals surface area contributed by atoms with Crippen LogP contribution in [0.2, 0.25) is 0 Å². The molecule has 4 nitrogen and oxygen atoms in total. The summed E-state index contributed by atoms with van der Waals surface area (Å²) in [5, 5.41) is 12.4. The summed E-state index contributed by atoms with van der Waals surface area (Å²) in [4.78, 5) is 14.5. The van der Waals surface area contributed by atoms with Gasteiger partial charge in [-0.3, -0.25) is 4.79 Å². The second-order valence-corrected chi connectivity index (χ2v) is 5.39. The van der Waals surface area contributed by atoms with Gasteiger partial charge in [0.15, 0.2) is 0 Å². The second kappa shape index (κ2) is 5.83. The van der Waals surface area contributed by atoms with Crippen molar-refractivity contribution in [2.45, 2.75) is 51.1 Å². The predicted molar refractivity (Wildman–Crippen MR) is 66.6 cm³/mol. The maximum Gasteiger partial charge on any atom is 0.240 e. The van der Waals surface area contributed by atoms with E-state index in [1.807, 2.05) is 4.90 Å². The molecule has 2 N–H and O–H groups in total. The lowest BCUT2D eigenvalue weighted by molar-refractivity contribution is -0.138. The van der Waals surface area contributed by atoms with Gasteiger partial charge >= 0.3 is 0 Å². The third-order valence-electron chi connectivity index (χ3n) is 4.17. The van der Waals surface area contributed by atoms with Crippen molar-refractivity contribution >= 4 is 5.91 Å². The van der Waals surface area contributed by atoms with Crippen molar-refractivity contribution in [1.82, 2.24) is 10.2 Å². The molecule has 3 unspecified atom stereocenters. The topological polar surface area (TPSA) is 52.6 Å². The summed E-state index contributed by atoms with van der Waals surface area (Å²) in [5.41, 5.74) is 0. The monoisotopic (exact) mass is 240 g/mol. The molecule has 2 rings (SSSR count). The predicted octanol–water partition coefficient (Wildman–Crippen LogP) is 0.748. The molecule has 2 fully saturated rings. The molecular weight excluding hydrogens is 216 g/mol. The van der Waals surface area contributed by atoms with Crippen LogP contribution in [-0.2, 0) is 4.79 Å². The lowest BCUT2D eigenvalue weighted by Crippen LogP contribution is -2.52. The zero-order chi connectivity index (χ0) is 12.3. The number of rotatable bonds is 3. The molecule has 0 radical (unpaired) electrons. The summed E-state index contributed by atoms with van der Waals surface area (Å²) >= 11 is 0. The Morgan fingerprint density at radius 1 is 1.41 bits per heavy atom. The second-order valence-electron chi connectivity index (χ2n) is 5.39. The number of likely N-dealkylation sites (tertiary alicyclic amines) is 1. The smallest absolute Gasteiger partial charge is 0.240 e. The summed E-state index contributed by atoms with van der Waals surface area (Å²) in [5.74, 6) is 0.701. The molecule has 1 amide bonds. The first-order chi connectivity index (χ1) is 8.24. The van der Waals surface area contributed by atoms with Crippen LogP contribution in [-0.4, -0.2) is 47.7 Å². The molecule has 2 saturated heterocycles. The van der Waals surface area contributed by atoms with Crippen molar-refractivity contribution in [2.24, 2.45) is 5.92 Å². The first-order valence-electron chi connectivity index (χ1n) is 6.88. The van der Waals surface area contributed by atoms with Crippen LogP contribution in [0.15, 0.2) is 0 Å². The van der Waals surface area contributed by atoms with Crippen molar-refractivity contribution in [2.75, 3.05) is 19.7 Å². The van der Waals surface area contributed by atoms with E-state index in [-0.39, 0.29) is 24.6 Å². The van der Waals surface area contributed by atoms with Gasteiger partial charge in [-0.25, -0.2) is 0 Å². The molecule has 3 atom stereocenters. The van der Waals surface area contributed by atoms with E-state index in [1.165, 1.54) is 6.42 Å². The summed E-state index contributed by atoms with van der Waals surface area (Å²) in [6.45, 7) is 4.15. The van der Waals surface area contributed by atoms with Crippen molar-refractivity contribution in [3.63, 3.8) is 0 Å². The van der Waals surface area contributed by atoms with E-state index in [4.69, 9.17) is 5.11 Å². The fourth-order valence-electron chi connectivity index (χ4n) is 3.08. The van der Waals surface area contributed by atoms with Gasteiger partial charge < -0.3 is 15.3 Å². The number of amides is 1. The summed E-state index contributed by atoms with van der Waals surface area (Å²) < 4.78 is 0. The average Bonchev–Trinajstić information content (AvgIpc) is 2.76. The molecule has 0 aliphatic carbocycles. The quantitative estimate of drug-likeness (QED) is 0.765. The Morgan fingerprint density at radius 3 is 2.88 bits per heavy atom. The van der Waals surface area contributed by atoms with Crippen molar-refractivity contribution < 1.29 is 9.90 Å². The zero-order valence-corrected chi connectivity index (χ0v) is 10.7. The van der Waals surface area contributed by atoms with Crippen LogP contribution in [0.25, 0.3) is 0 Å². The van der Waals surface area contributed by atoms with Crippen molar-refractivity contribution in [3.05, 3.63) is 0 Å². The van der Waals surface area contributed by atoms with E-state index in [1.54, 1.807) is 0 Å². The number of nitrogens with one attached hydrogen (secondary N) is 1. The van der Waals surface area contributed by atoms with E-state index >= 15 is 0 Å². The molecule has 0 saturated carbocycles. The van der Waals surface area contributed by atoms with Gasteiger partial charge in [-0.1, -0.05) is 6.92 Å². The zero-order valence-electron chi connectivity index (χ0n) is 10.7. The minimum absolute atomic E-state index is 0.00860. The fourth-order valence-corrected chi connectivity index (χ4v) is 3.08. The van der Waals surface area contributed by atoms with Gasteiger partial charge in [-0.15, -0.1) is 0 Å². The van der Waals surface area contributed by atoms with Gasteiger partial charge in [-0.05, 0) is 44.6 Å². The minimum atomic E-state index is 0.00860. The molecule has 0 aromatic heterocycles. The van der Waals surface area contributed by atoms with E-state index in [0.717, 1.165) is 38.8 Å². The maximum absolute atomic E-state index is 12.5. The Kier molecular flexibility index (Phi) is 4.40. The van der Waals surface area contributed by atoms with Crippen LogP contribution in [0.4, 0.5) is 0 Å². The average molecular weight is 240 g/mol. The first-order valence-corrected chi connectivity index (χ1v) is 6.88. The number of hydrogen-bond donors (Lipinski definition) is 2. The highest BCUT2D eigenvalue weighted by molar-refractivity contribution is 5.83. The Hall–Kier alpha value is -0.610. The highest BCUT2D eigenvalue weighted by atomic mass is 16.3. The number of aliphatic hydroxyl groups excluding tert-OH is 1. The number of aliphatic hydroxyl groups is 1. The molecule has 0 aromatic rings. The van der Waals surface area contributed by atoms with Crippen LogP contribution in [0.3, 0.4) is 0 Å². The number of nitrogens with zero attached hydrogens (tertiary/aromatic N) is 1. The van der Waals surface area contributed by atoms with Crippen LogP contribution < -0.4 is 5.32 Å². The van der Waals surface area contributed by atoms with Crippen molar-refractivity contribution in [3.8, 4) is 0 Å². The third-order valence-corrected chi connectivity index (χ3v) is 4.17. The molecule has 0 aromatic carbocycles. The van der Waals surface area contributed by atoms with Gasteiger partial charge in [0.05, 0.1) is 6.04 Å². The molecular formula is C13H24N2O2. The van der Waals surface area contributed by atoms with E-state index in [9.17, 15) is 4.79 Å². The fraction of sp³-hybridized carbons (Fsp3) is 0.923. The molecule has 98 valence electrons. The van der Waals surface area contributed by atoms with E-state index < -0.39 is 0 Å². The van der Waals surface area contributed by atoms with E-state index in [0.29, 0.717) is 5.92 Å². The first kappa shape index (κ1) is 12.8. The highest BCUT2D eigenvalue weighted by Crippen LogP contribution is 2.24. The van der Waals surface area contributed by atoms with E-state index in [2.05, 4.69) is 12.2 Å². The molecule has 2 aliphatic heterocycles.